The highest BCUT2D eigenvalue weighted by Gasteiger charge is 2.27. The van der Waals surface area contributed by atoms with Gasteiger partial charge >= 0.3 is 0 Å². The third kappa shape index (κ3) is 4.81. The first kappa shape index (κ1) is 21.8. The van der Waals surface area contributed by atoms with E-state index in [0.29, 0.717) is 23.6 Å². The molecular formula is C24H32N2O4. The first-order valence-corrected chi connectivity index (χ1v) is 10.5. The number of nitrogens with zero attached hydrogens (tertiary/aromatic N) is 2. The largest absolute Gasteiger partial charge is 0.495 e. The summed E-state index contributed by atoms with van der Waals surface area (Å²) in [5.74, 6) is 2.09. The molecule has 2 aromatic carbocycles. The highest BCUT2D eigenvalue weighted by Crippen LogP contribution is 2.31. The maximum absolute atomic E-state index is 13.3. The minimum atomic E-state index is 0.0128. The lowest BCUT2D eigenvalue weighted by molar-refractivity contribution is 0.0704. The van der Waals surface area contributed by atoms with Crippen LogP contribution in [0.1, 0.15) is 37.6 Å². The Bertz CT molecular complexity index is 868. The molecule has 1 aliphatic rings. The minimum Gasteiger partial charge on any atom is -0.495 e. The summed E-state index contributed by atoms with van der Waals surface area (Å²) in [6.45, 7) is 8.30. The Morgan fingerprint density at radius 1 is 0.967 bits per heavy atom. The van der Waals surface area contributed by atoms with Gasteiger partial charge in [-0.25, -0.2) is 0 Å². The fourth-order valence-electron chi connectivity index (χ4n) is 3.81. The maximum atomic E-state index is 13.3. The Morgan fingerprint density at radius 2 is 1.70 bits per heavy atom. The molecule has 0 spiro atoms. The summed E-state index contributed by atoms with van der Waals surface area (Å²) in [5, 5.41) is 0. The van der Waals surface area contributed by atoms with Gasteiger partial charge in [-0.2, -0.15) is 0 Å². The van der Waals surface area contributed by atoms with Crippen molar-refractivity contribution in [1.29, 1.82) is 0 Å². The first-order valence-electron chi connectivity index (χ1n) is 10.5. The number of hydrogen-bond donors (Lipinski definition) is 0. The Balaban J connectivity index is 1.78. The SMILES string of the molecule is COc1cc(C(=O)N2CCN(c3ccccc3OC)CC[C@H]2C)ccc1OC(C)C. The van der Waals surface area contributed by atoms with Gasteiger partial charge in [0.25, 0.3) is 5.91 Å². The molecule has 1 amide bonds. The number of carbonyl (C=O) groups excluding carboxylic acids is 1. The summed E-state index contributed by atoms with van der Waals surface area (Å²) in [5.41, 5.74) is 1.68. The fourth-order valence-corrected chi connectivity index (χ4v) is 3.81. The molecule has 1 aliphatic heterocycles. The van der Waals surface area contributed by atoms with Gasteiger partial charge in [0.2, 0.25) is 0 Å². The molecule has 0 aromatic heterocycles. The number of anilines is 1. The maximum Gasteiger partial charge on any atom is 0.254 e. The Hall–Kier alpha value is -2.89. The summed E-state index contributed by atoms with van der Waals surface area (Å²) in [6, 6.07) is 13.6. The van der Waals surface area contributed by atoms with Crippen LogP contribution in [-0.4, -0.2) is 56.8 Å². The number of amides is 1. The predicted octanol–water partition coefficient (Wildman–Crippen LogP) is 4.23. The number of hydrogen-bond acceptors (Lipinski definition) is 5. The molecule has 0 unspecified atom stereocenters. The summed E-state index contributed by atoms with van der Waals surface area (Å²) < 4.78 is 16.8. The zero-order valence-electron chi connectivity index (χ0n) is 18.6. The van der Waals surface area contributed by atoms with Gasteiger partial charge in [-0.3, -0.25) is 4.79 Å². The average molecular weight is 413 g/mol. The Kier molecular flexibility index (Phi) is 7.08. The molecule has 162 valence electrons. The molecule has 1 saturated heterocycles. The first-order chi connectivity index (χ1) is 14.4. The van der Waals surface area contributed by atoms with E-state index in [-0.39, 0.29) is 18.1 Å². The fraction of sp³-hybridized carbons (Fsp3) is 0.458. The van der Waals surface area contributed by atoms with Gasteiger partial charge in [0, 0.05) is 31.2 Å². The number of ether oxygens (including phenoxy) is 3. The Labute approximate surface area is 179 Å². The van der Waals surface area contributed by atoms with E-state index in [1.165, 1.54) is 0 Å². The number of carbonyl (C=O) groups is 1. The van der Waals surface area contributed by atoms with Crippen LogP contribution < -0.4 is 19.1 Å². The van der Waals surface area contributed by atoms with Crippen LogP contribution in [0.25, 0.3) is 0 Å². The van der Waals surface area contributed by atoms with E-state index in [9.17, 15) is 4.79 Å². The third-order valence-electron chi connectivity index (χ3n) is 5.42. The molecule has 1 fully saturated rings. The summed E-state index contributed by atoms with van der Waals surface area (Å²) >= 11 is 0. The lowest BCUT2D eigenvalue weighted by Crippen LogP contribution is -2.40. The highest BCUT2D eigenvalue weighted by molar-refractivity contribution is 5.95. The molecule has 1 atom stereocenters. The van der Waals surface area contributed by atoms with Gasteiger partial charge in [-0.1, -0.05) is 12.1 Å². The summed E-state index contributed by atoms with van der Waals surface area (Å²) in [7, 11) is 3.28. The van der Waals surface area contributed by atoms with Crippen molar-refractivity contribution in [2.24, 2.45) is 0 Å². The van der Waals surface area contributed by atoms with Crippen LogP contribution in [0.2, 0.25) is 0 Å². The van der Waals surface area contributed by atoms with Crippen LogP contribution in [0.4, 0.5) is 5.69 Å². The van der Waals surface area contributed by atoms with Gasteiger partial charge in [-0.15, -0.1) is 0 Å². The minimum absolute atomic E-state index is 0.0128. The molecular weight excluding hydrogens is 380 g/mol. The number of methoxy groups -OCH3 is 2. The molecule has 0 radical (unpaired) electrons. The number of para-hydroxylation sites is 2. The van der Waals surface area contributed by atoms with Crippen molar-refractivity contribution >= 4 is 11.6 Å². The smallest absolute Gasteiger partial charge is 0.254 e. The van der Waals surface area contributed by atoms with Crippen LogP contribution >= 0.6 is 0 Å². The molecule has 0 bridgehead atoms. The summed E-state index contributed by atoms with van der Waals surface area (Å²) in [4.78, 5) is 17.6. The van der Waals surface area contributed by atoms with Crippen molar-refractivity contribution in [1.82, 2.24) is 4.90 Å². The molecule has 0 saturated carbocycles. The lowest BCUT2D eigenvalue weighted by Gasteiger charge is -2.27. The third-order valence-corrected chi connectivity index (χ3v) is 5.42. The van der Waals surface area contributed by atoms with Crippen molar-refractivity contribution < 1.29 is 19.0 Å². The van der Waals surface area contributed by atoms with Crippen molar-refractivity contribution in [3.63, 3.8) is 0 Å². The van der Waals surface area contributed by atoms with Crippen LogP contribution in [0.3, 0.4) is 0 Å². The van der Waals surface area contributed by atoms with E-state index in [1.807, 2.05) is 49.1 Å². The topological polar surface area (TPSA) is 51.2 Å². The molecule has 2 aromatic rings. The predicted molar refractivity (Wildman–Crippen MR) is 119 cm³/mol. The van der Waals surface area contributed by atoms with E-state index in [4.69, 9.17) is 14.2 Å². The second-order valence-corrected chi connectivity index (χ2v) is 7.83. The number of rotatable bonds is 6. The zero-order valence-corrected chi connectivity index (χ0v) is 18.6. The van der Waals surface area contributed by atoms with Crippen molar-refractivity contribution in [2.75, 3.05) is 38.8 Å². The second kappa shape index (κ2) is 9.74. The van der Waals surface area contributed by atoms with Crippen LogP contribution in [0.15, 0.2) is 42.5 Å². The molecule has 6 nitrogen and oxygen atoms in total. The van der Waals surface area contributed by atoms with E-state index in [2.05, 4.69) is 17.9 Å². The van der Waals surface area contributed by atoms with E-state index < -0.39 is 0 Å². The Morgan fingerprint density at radius 3 is 2.40 bits per heavy atom. The standard InChI is InChI=1S/C24H32N2O4/c1-17(2)30-22-11-10-19(16-23(22)29-5)24(27)26-15-14-25(13-12-18(26)3)20-8-6-7-9-21(20)28-4/h6-11,16-18H,12-15H2,1-5H3/t18-/m1/s1. The van der Waals surface area contributed by atoms with Crippen molar-refractivity contribution in [2.45, 2.75) is 39.3 Å². The van der Waals surface area contributed by atoms with Gasteiger partial charge in [-0.05, 0) is 57.5 Å². The van der Waals surface area contributed by atoms with Gasteiger partial charge in [0.15, 0.2) is 11.5 Å². The molecule has 0 aliphatic carbocycles. The molecule has 0 N–H and O–H groups in total. The highest BCUT2D eigenvalue weighted by atomic mass is 16.5. The van der Waals surface area contributed by atoms with Gasteiger partial charge in [0.05, 0.1) is 26.0 Å². The van der Waals surface area contributed by atoms with Crippen molar-refractivity contribution in [3.8, 4) is 17.2 Å². The molecule has 6 heteroatoms. The van der Waals surface area contributed by atoms with E-state index in [1.54, 1.807) is 20.3 Å². The monoisotopic (exact) mass is 412 g/mol. The number of benzene rings is 2. The van der Waals surface area contributed by atoms with E-state index >= 15 is 0 Å². The van der Waals surface area contributed by atoms with Crippen LogP contribution in [0.5, 0.6) is 17.2 Å². The second-order valence-electron chi connectivity index (χ2n) is 7.83. The van der Waals surface area contributed by atoms with Gasteiger partial charge < -0.3 is 24.0 Å². The zero-order chi connectivity index (χ0) is 21.7. The molecule has 30 heavy (non-hydrogen) atoms. The quantitative estimate of drug-likeness (QED) is 0.711. The average Bonchev–Trinajstić information content (AvgIpc) is 2.94. The van der Waals surface area contributed by atoms with E-state index in [0.717, 1.165) is 30.9 Å². The van der Waals surface area contributed by atoms with Crippen LogP contribution in [0, 0.1) is 0 Å². The molecule has 1 heterocycles. The van der Waals surface area contributed by atoms with Crippen molar-refractivity contribution in [3.05, 3.63) is 48.0 Å². The molecule has 3 rings (SSSR count). The normalized spacial score (nSPS) is 16.9. The van der Waals surface area contributed by atoms with Crippen LogP contribution in [-0.2, 0) is 0 Å². The lowest BCUT2D eigenvalue weighted by atomic mass is 10.1. The summed E-state index contributed by atoms with van der Waals surface area (Å²) in [6.07, 6.45) is 0.919. The van der Waals surface area contributed by atoms with Gasteiger partial charge in [0.1, 0.15) is 5.75 Å².